The fourth-order valence-electron chi connectivity index (χ4n) is 12.3. The number of fused-ring (bicyclic) bond motifs is 1. The molecular weight excluding hydrogens is 1220 g/mol. The van der Waals surface area contributed by atoms with Crippen LogP contribution in [0.5, 0.6) is 0 Å². The summed E-state index contributed by atoms with van der Waals surface area (Å²) < 4.78 is 8.33. The summed E-state index contributed by atoms with van der Waals surface area (Å²) in [4.78, 5) is 166. The highest BCUT2D eigenvalue weighted by atomic mass is 16.6. The number of amides is 5. The van der Waals surface area contributed by atoms with Crippen LogP contribution >= 0.6 is 0 Å². The molecule has 94 heavy (non-hydrogen) atoms. The first kappa shape index (κ1) is 81.0. The van der Waals surface area contributed by atoms with Gasteiger partial charge in [-0.15, -0.1) is 0 Å². The summed E-state index contributed by atoms with van der Waals surface area (Å²) in [5.41, 5.74) is 11.1. The van der Waals surface area contributed by atoms with E-state index in [1.165, 1.54) is 0 Å². The number of aliphatic carboxylic acids is 1. The fourth-order valence-corrected chi connectivity index (χ4v) is 12.3. The van der Waals surface area contributed by atoms with E-state index in [9.17, 15) is 72.5 Å². The number of carbonyl (C=O) groups is 13. The Morgan fingerprint density at radius 2 is 1.04 bits per heavy atom. The van der Waals surface area contributed by atoms with Crippen LogP contribution in [0, 0.1) is 39.4 Å². The molecule has 5 amide bonds. The molecule has 27 heteroatoms. The molecule has 0 aromatic heterocycles. The molecule has 2 aliphatic heterocycles. The number of carboxylic acids is 3. The van der Waals surface area contributed by atoms with Crippen molar-refractivity contribution in [2.24, 2.45) is 50.9 Å². The maximum atomic E-state index is 12.9. The number of nitrogens with one attached hydrogen (secondary N) is 5. The zero-order valence-corrected chi connectivity index (χ0v) is 55.3. The standard InChI is InChI=1S/C34H47N3O10.C20H40N4O2.C8H4O3.C4H2O3.CO2/c1-20(17-35-29(42)27-14-22(30(43)44)6-8-26(27)31(45)46)13-25(39)10-11-34(5)16-23(15-33(3,4)19-34)37-32(47)36-18-21(2)12-24(38)7-9-28(40)41;1-14(11-21)8-17(25)6-7-20(5)10-16(9-19(3,4)13-20)24-18(26)23-12-15(2)22;9-7-5-3-1-2-4-6(5)8(10)11-7;5-3-1-2-4(6)7-3;2-1-3/h6-9,14,20-21,23H,10-13,15-19H2,1-5H3,(H,35,42)(H,40,41)(H,43,44)(H,45,46)(H2,36,37,47);14-16H,6-13,21-22H2,1-5H3,(H2,23,24,26);1-4H;1-2H;/b9-7-;;;;. The van der Waals surface area contributed by atoms with Gasteiger partial charge in [-0.1, -0.05) is 74.4 Å². The second kappa shape index (κ2) is 38.2. The van der Waals surface area contributed by atoms with Gasteiger partial charge in [0.1, 0.15) is 11.6 Å². The highest BCUT2D eigenvalue weighted by molar-refractivity contribution is 6.14. The lowest BCUT2D eigenvalue weighted by Gasteiger charge is -2.47. The van der Waals surface area contributed by atoms with Crippen LogP contribution < -0.4 is 38.1 Å². The van der Waals surface area contributed by atoms with Crippen molar-refractivity contribution in [3.8, 4) is 0 Å². The number of ketones is 3. The number of esters is 4. The Labute approximate surface area is 547 Å². The van der Waals surface area contributed by atoms with Crippen LogP contribution in [0.2, 0.25) is 0 Å². The van der Waals surface area contributed by atoms with Crippen LogP contribution in [0.1, 0.15) is 204 Å². The molecule has 6 rings (SSSR count). The van der Waals surface area contributed by atoms with Gasteiger partial charge in [-0.05, 0) is 141 Å². The van der Waals surface area contributed by atoms with Crippen LogP contribution in [0.3, 0.4) is 0 Å². The SMILES string of the molecule is CC(CNC(=O)NC1CC(C)(C)CC(C)(CCC(=O)CC(C)CNC(=O)c2cc(C(=O)O)ccc2C(=O)O)C1)CC(=O)/C=C\C(=O)O.CC(N)CNC(=O)NC1CC(C)(C)CC(C)(CCC(=O)CC(C)CN)C1.O=C1C=CC(=O)O1.O=C1OC(=O)c2ccccc21.O=C=O. The average Bonchev–Trinajstić information content (AvgIpc) is 1.01. The Kier molecular flexibility index (Phi) is 32.9. The third-order valence-corrected chi connectivity index (χ3v) is 15.7. The number of aromatic carboxylic acids is 2. The van der Waals surface area contributed by atoms with Crippen molar-refractivity contribution in [2.75, 3.05) is 26.2 Å². The summed E-state index contributed by atoms with van der Waals surface area (Å²) in [5, 5.41) is 41.6. The molecule has 2 aliphatic carbocycles. The van der Waals surface area contributed by atoms with E-state index in [0.717, 1.165) is 81.0 Å². The van der Waals surface area contributed by atoms with E-state index in [2.05, 4.69) is 77.6 Å². The first-order valence-corrected chi connectivity index (χ1v) is 30.9. The minimum Gasteiger partial charge on any atom is -0.478 e. The molecule has 2 heterocycles. The number of nitrogens with two attached hydrogens (primary N) is 2. The van der Waals surface area contributed by atoms with Crippen molar-refractivity contribution in [3.63, 3.8) is 0 Å². The van der Waals surface area contributed by atoms with Gasteiger partial charge < -0.3 is 62.8 Å². The molecule has 0 bridgehead atoms. The molecule has 516 valence electrons. The second-order valence-corrected chi connectivity index (χ2v) is 27.0. The van der Waals surface area contributed by atoms with E-state index in [-0.39, 0.29) is 130 Å². The van der Waals surface area contributed by atoms with Crippen LogP contribution in [0.4, 0.5) is 9.59 Å². The minimum atomic E-state index is -1.36. The van der Waals surface area contributed by atoms with Gasteiger partial charge in [0, 0.05) is 88.1 Å². The Hall–Kier alpha value is -9.07. The summed E-state index contributed by atoms with van der Waals surface area (Å²) in [7, 11) is 0. The minimum absolute atomic E-state index is 0.0134. The topological polar surface area (TPSA) is 447 Å². The molecule has 2 saturated carbocycles. The zero-order valence-electron chi connectivity index (χ0n) is 55.3. The normalized spacial score (nSPS) is 20.7. The van der Waals surface area contributed by atoms with Crippen molar-refractivity contribution < 1.29 is 96.7 Å². The Bertz CT molecular complexity index is 3120. The molecule has 2 fully saturated rings. The zero-order chi connectivity index (χ0) is 71.3. The quantitative estimate of drug-likeness (QED) is 0.0260. The second-order valence-electron chi connectivity index (χ2n) is 27.0. The molecule has 0 saturated heterocycles. The molecule has 27 nitrogen and oxygen atoms in total. The number of rotatable bonds is 26. The lowest BCUT2D eigenvalue weighted by molar-refractivity contribution is -0.192. The van der Waals surface area contributed by atoms with E-state index in [1.807, 2.05) is 13.8 Å². The van der Waals surface area contributed by atoms with E-state index >= 15 is 0 Å². The van der Waals surface area contributed by atoms with Crippen LogP contribution in [-0.2, 0) is 47.8 Å². The summed E-state index contributed by atoms with van der Waals surface area (Å²) >= 11 is 0. The summed E-state index contributed by atoms with van der Waals surface area (Å²) in [6.45, 7) is 21.9. The Balaban J connectivity index is 0.000000523. The number of ether oxygens (including phenoxy) is 2. The van der Waals surface area contributed by atoms with Crippen LogP contribution in [-0.4, -0.2) is 143 Å². The van der Waals surface area contributed by atoms with E-state index in [0.29, 0.717) is 62.1 Å². The predicted octanol–water partition coefficient (Wildman–Crippen LogP) is 6.90. The predicted molar refractivity (Wildman–Crippen MR) is 341 cm³/mol. The third kappa shape index (κ3) is 31.0. The summed E-state index contributed by atoms with van der Waals surface area (Å²) in [5.74, 6) is -7.06. The first-order chi connectivity index (χ1) is 43.7. The first-order valence-electron chi connectivity index (χ1n) is 30.9. The van der Waals surface area contributed by atoms with Gasteiger partial charge in [-0.3, -0.25) is 19.2 Å². The Morgan fingerprint density at radius 3 is 1.46 bits per heavy atom. The third-order valence-electron chi connectivity index (χ3n) is 15.7. The van der Waals surface area contributed by atoms with E-state index < -0.39 is 47.7 Å². The number of hydrogen-bond acceptors (Lipinski definition) is 19. The van der Waals surface area contributed by atoms with Gasteiger partial charge >= 0.3 is 60.0 Å². The average molecular weight is 1320 g/mol. The molecule has 12 N–H and O–H groups in total. The molecule has 2 aromatic carbocycles. The smallest absolute Gasteiger partial charge is 0.373 e. The van der Waals surface area contributed by atoms with Gasteiger partial charge in [-0.2, -0.15) is 9.59 Å². The van der Waals surface area contributed by atoms with Gasteiger partial charge in [0.05, 0.1) is 27.8 Å². The number of cyclic esters (lactones) is 4. The number of Topliss-reactive ketones (excluding diaryl/α,β-unsaturated/α-hetero) is 2. The van der Waals surface area contributed by atoms with Crippen molar-refractivity contribution >= 4 is 83.3 Å². The molecular formula is C67H93N7O20. The van der Waals surface area contributed by atoms with Crippen molar-refractivity contribution in [2.45, 2.75) is 171 Å². The maximum absolute atomic E-state index is 12.9. The fraction of sp³-hybridized carbons (Fsp3) is 0.552. The number of urea groups is 2. The number of hydrogen-bond donors (Lipinski definition) is 10. The van der Waals surface area contributed by atoms with Crippen molar-refractivity contribution in [1.29, 1.82) is 0 Å². The lowest BCUT2D eigenvalue weighted by atomic mass is 9.61. The number of carbonyl (C=O) groups excluding carboxylic acids is 12. The summed E-state index contributed by atoms with van der Waals surface area (Å²) in [6, 6.07) is 9.17. The lowest BCUT2D eigenvalue weighted by Crippen LogP contribution is -2.51. The van der Waals surface area contributed by atoms with Crippen molar-refractivity contribution in [1.82, 2.24) is 26.6 Å². The molecule has 0 spiro atoms. The van der Waals surface area contributed by atoms with E-state index in [4.69, 9.17) is 26.2 Å². The number of carboxylic acid groups (broad SMARTS) is 3. The number of benzene rings is 2. The molecule has 2 aromatic rings. The van der Waals surface area contributed by atoms with Gasteiger partial charge in [0.2, 0.25) is 0 Å². The van der Waals surface area contributed by atoms with Crippen LogP contribution in [0.15, 0.2) is 66.8 Å². The molecule has 8 unspecified atom stereocenters. The monoisotopic (exact) mass is 1320 g/mol. The summed E-state index contributed by atoms with van der Waals surface area (Å²) in [6.07, 6.45) is 12.7. The van der Waals surface area contributed by atoms with Gasteiger partial charge in [-0.25, -0.2) is 43.2 Å². The molecule has 0 radical (unpaired) electrons. The Morgan fingerprint density at radius 1 is 0.596 bits per heavy atom. The van der Waals surface area contributed by atoms with Gasteiger partial charge in [0.15, 0.2) is 5.78 Å². The highest BCUT2D eigenvalue weighted by Gasteiger charge is 2.43. The maximum Gasteiger partial charge on any atom is 0.373 e. The van der Waals surface area contributed by atoms with Gasteiger partial charge in [0.25, 0.3) is 5.91 Å². The van der Waals surface area contributed by atoms with E-state index in [1.54, 1.807) is 38.1 Å². The highest BCUT2D eigenvalue weighted by Crippen LogP contribution is 2.50. The molecule has 8 atom stereocenters. The molecule has 4 aliphatic rings. The van der Waals surface area contributed by atoms with Crippen LogP contribution in [0.25, 0.3) is 0 Å². The van der Waals surface area contributed by atoms with Crippen molar-refractivity contribution in [3.05, 3.63) is 94.6 Å². The number of allylic oxidation sites excluding steroid dienone is 1. The largest absolute Gasteiger partial charge is 0.478 e.